The lowest BCUT2D eigenvalue weighted by Crippen LogP contribution is -2.44. The zero-order chi connectivity index (χ0) is 34.7. The molecule has 3 saturated heterocycles. The van der Waals surface area contributed by atoms with Crippen molar-refractivity contribution in [3.05, 3.63) is 36.5 Å². The number of fused-ring (bicyclic) bond motifs is 6. The predicted octanol–water partition coefficient (Wildman–Crippen LogP) is 11.8. The van der Waals surface area contributed by atoms with E-state index in [4.69, 9.17) is 14.2 Å². The van der Waals surface area contributed by atoms with Crippen LogP contribution in [0.25, 0.3) is 0 Å². The van der Waals surface area contributed by atoms with E-state index in [9.17, 15) is 0 Å². The Bertz CT molecular complexity index is 1150. The lowest BCUT2D eigenvalue weighted by atomic mass is 9.52. The SMILES string of the molecule is C=C1CC[C@@H]2O[C@]2(C)CC[C@@H]2[C@@H]1CC2(C)C.C=C1CC[C@H]2O[C@@]2(C)CC[C@@H]2[C@@H]1CC2(C)C.C=C1CC[C@H]2O[C@]2(C)CC[C@@H]2[C@@H]1CC2(C)C. The molecule has 0 aromatic carbocycles. The molecule has 6 aliphatic carbocycles. The summed E-state index contributed by atoms with van der Waals surface area (Å²) in [4.78, 5) is 0. The zero-order valence-electron chi connectivity index (χ0n) is 32.6. The average molecular weight is 661 g/mol. The van der Waals surface area contributed by atoms with Crippen LogP contribution in [0.4, 0.5) is 0 Å². The van der Waals surface area contributed by atoms with E-state index in [-0.39, 0.29) is 16.8 Å². The van der Waals surface area contributed by atoms with Crippen molar-refractivity contribution in [1.29, 1.82) is 0 Å². The molecule has 0 spiro atoms. The number of epoxide rings is 3. The van der Waals surface area contributed by atoms with E-state index in [1.54, 1.807) is 0 Å². The zero-order valence-corrected chi connectivity index (χ0v) is 32.6. The monoisotopic (exact) mass is 661 g/mol. The Hall–Kier alpha value is -0.900. The van der Waals surface area contributed by atoms with Gasteiger partial charge >= 0.3 is 0 Å². The predicted molar refractivity (Wildman–Crippen MR) is 199 cm³/mol. The molecular weight excluding hydrogens is 588 g/mol. The van der Waals surface area contributed by atoms with E-state index in [1.807, 2.05) is 0 Å². The first-order chi connectivity index (χ1) is 22.3. The van der Waals surface area contributed by atoms with Crippen LogP contribution < -0.4 is 0 Å². The van der Waals surface area contributed by atoms with Gasteiger partial charge < -0.3 is 14.2 Å². The fourth-order valence-electron chi connectivity index (χ4n) is 12.3. The third-order valence-corrected chi connectivity index (χ3v) is 16.4. The second kappa shape index (κ2) is 11.8. The molecule has 0 aromatic heterocycles. The highest BCUT2D eigenvalue weighted by Crippen LogP contribution is 2.61. The third-order valence-electron chi connectivity index (χ3n) is 16.4. The van der Waals surface area contributed by atoms with Gasteiger partial charge in [-0.1, -0.05) is 78.0 Å². The second-order valence-corrected chi connectivity index (χ2v) is 21.2. The van der Waals surface area contributed by atoms with E-state index in [1.165, 1.54) is 113 Å². The highest BCUT2D eigenvalue weighted by atomic mass is 16.6. The summed E-state index contributed by atoms with van der Waals surface area (Å²) in [6.07, 6.45) is 20.7. The molecule has 9 aliphatic rings. The fourth-order valence-corrected chi connectivity index (χ4v) is 12.3. The van der Waals surface area contributed by atoms with Crippen LogP contribution in [0.3, 0.4) is 0 Å². The third kappa shape index (κ3) is 6.51. The van der Waals surface area contributed by atoms with Gasteiger partial charge in [-0.3, -0.25) is 0 Å². The normalized spacial score (nSPS) is 50.2. The van der Waals surface area contributed by atoms with Crippen molar-refractivity contribution in [3.63, 3.8) is 0 Å². The number of hydrogen-bond donors (Lipinski definition) is 0. The fraction of sp³-hybridized carbons (Fsp3) is 0.867. The maximum Gasteiger partial charge on any atom is 0.0920 e. The van der Waals surface area contributed by atoms with Gasteiger partial charge in [-0.15, -0.1) is 0 Å². The summed E-state index contributed by atoms with van der Waals surface area (Å²) in [7, 11) is 0. The summed E-state index contributed by atoms with van der Waals surface area (Å²) >= 11 is 0. The molecule has 3 heterocycles. The minimum atomic E-state index is 0.223. The van der Waals surface area contributed by atoms with E-state index in [0.717, 1.165) is 35.5 Å². The largest absolute Gasteiger partial charge is 0.366 e. The molecule has 270 valence electrons. The van der Waals surface area contributed by atoms with Crippen LogP contribution in [0.2, 0.25) is 0 Å². The van der Waals surface area contributed by atoms with Gasteiger partial charge in [0, 0.05) is 0 Å². The first kappa shape index (κ1) is 35.5. The van der Waals surface area contributed by atoms with Crippen molar-refractivity contribution < 1.29 is 14.2 Å². The maximum absolute atomic E-state index is 5.86. The van der Waals surface area contributed by atoms with Crippen molar-refractivity contribution in [3.8, 4) is 0 Å². The van der Waals surface area contributed by atoms with Gasteiger partial charge in [0.1, 0.15) is 0 Å². The van der Waals surface area contributed by atoms with Crippen LogP contribution in [0.15, 0.2) is 36.5 Å². The molecule has 48 heavy (non-hydrogen) atoms. The van der Waals surface area contributed by atoms with Crippen LogP contribution in [-0.4, -0.2) is 35.1 Å². The summed E-state index contributed by atoms with van der Waals surface area (Å²) in [5, 5.41) is 0. The van der Waals surface area contributed by atoms with Crippen molar-refractivity contribution in [2.45, 2.75) is 194 Å². The molecule has 0 bridgehead atoms. The Morgan fingerprint density at radius 3 is 0.896 bits per heavy atom. The van der Waals surface area contributed by atoms with Gasteiger partial charge in [0.2, 0.25) is 0 Å². The lowest BCUT2D eigenvalue weighted by molar-refractivity contribution is -0.00222. The summed E-state index contributed by atoms with van der Waals surface area (Å²) in [5.41, 5.74) is 6.80. The van der Waals surface area contributed by atoms with Gasteiger partial charge in [0.25, 0.3) is 0 Å². The Labute approximate surface area is 295 Å². The van der Waals surface area contributed by atoms with E-state index in [2.05, 4.69) is 82.1 Å². The standard InChI is InChI=1S/3C15H24O/c3*1-10-5-6-13-15(4,16-13)8-7-12-11(10)9-14(12,2)3/h3*11-13H,1,5-9H2,2-4H3/t11-,12-,13+,15-;11-,12-,13-,15+;11-,12-,13-,15-/m111/s1. The van der Waals surface area contributed by atoms with Gasteiger partial charge in [0.05, 0.1) is 35.1 Å². The Kier molecular flexibility index (Phi) is 8.74. The summed E-state index contributed by atoms with van der Waals surface area (Å²) in [5.74, 6) is 5.03. The molecule has 9 fully saturated rings. The van der Waals surface area contributed by atoms with Crippen LogP contribution in [-0.2, 0) is 14.2 Å². The number of hydrogen-bond acceptors (Lipinski definition) is 3. The van der Waals surface area contributed by atoms with Crippen molar-refractivity contribution in [2.75, 3.05) is 0 Å². The van der Waals surface area contributed by atoms with Crippen molar-refractivity contribution in [1.82, 2.24) is 0 Å². The van der Waals surface area contributed by atoms with Gasteiger partial charge in [-0.2, -0.15) is 0 Å². The molecule has 0 aromatic rings. The van der Waals surface area contributed by atoms with Crippen LogP contribution >= 0.6 is 0 Å². The molecule has 9 rings (SSSR count). The van der Waals surface area contributed by atoms with Gasteiger partial charge in [0.15, 0.2) is 0 Å². The highest BCUT2D eigenvalue weighted by Gasteiger charge is 2.58. The van der Waals surface area contributed by atoms with Crippen molar-refractivity contribution >= 4 is 0 Å². The smallest absolute Gasteiger partial charge is 0.0920 e. The molecule has 3 nitrogen and oxygen atoms in total. The first-order valence-corrected chi connectivity index (χ1v) is 20.3. The second-order valence-electron chi connectivity index (χ2n) is 21.2. The number of rotatable bonds is 0. The highest BCUT2D eigenvalue weighted by molar-refractivity contribution is 5.18. The molecule has 3 heteroatoms. The van der Waals surface area contributed by atoms with E-state index in [0.29, 0.717) is 34.6 Å². The van der Waals surface area contributed by atoms with E-state index >= 15 is 0 Å². The lowest BCUT2D eigenvalue weighted by Gasteiger charge is -2.53. The average Bonchev–Trinajstić information content (AvgIpc) is 3.93. The Morgan fingerprint density at radius 2 is 0.667 bits per heavy atom. The van der Waals surface area contributed by atoms with Gasteiger partial charge in [-0.25, -0.2) is 0 Å². The molecule has 3 aliphatic heterocycles. The maximum atomic E-state index is 5.86. The molecule has 0 unspecified atom stereocenters. The summed E-state index contributed by atoms with van der Waals surface area (Å²) in [6.45, 7) is 34.4. The molecule has 6 saturated carbocycles. The molecule has 0 radical (unpaired) electrons. The minimum Gasteiger partial charge on any atom is -0.366 e. The van der Waals surface area contributed by atoms with Crippen molar-refractivity contribution in [2.24, 2.45) is 51.8 Å². The number of ether oxygens (including phenoxy) is 3. The van der Waals surface area contributed by atoms with Crippen LogP contribution in [0.1, 0.15) is 159 Å². The Balaban J connectivity index is 0.000000114. The summed E-state index contributed by atoms with van der Waals surface area (Å²) in [6, 6.07) is 0. The molecule has 0 N–H and O–H groups in total. The minimum absolute atomic E-state index is 0.223. The number of allylic oxidation sites excluding steroid dienone is 3. The quantitative estimate of drug-likeness (QED) is 0.192. The first-order valence-electron chi connectivity index (χ1n) is 20.3. The molecule has 0 amide bonds. The van der Waals surface area contributed by atoms with Crippen LogP contribution in [0.5, 0.6) is 0 Å². The molecule has 12 atom stereocenters. The molecular formula is C45H72O3. The van der Waals surface area contributed by atoms with Gasteiger partial charge in [-0.05, 0) is 169 Å². The van der Waals surface area contributed by atoms with Crippen LogP contribution in [0, 0.1) is 51.8 Å². The topological polar surface area (TPSA) is 37.6 Å². The Morgan fingerprint density at radius 1 is 0.417 bits per heavy atom. The summed E-state index contributed by atoms with van der Waals surface area (Å²) < 4.78 is 17.6. The van der Waals surface area contributed by atoms with E-state index < -0.39 is 0 Å².